The SMILES string of the molecule is O=[N+]([O-])c1ccc(F)c(N=C=S)c1. The smallest absolute Gasteiger partial charge is 0.258 e. The van der Waals surface area contributed by atoms with E-state index in [1.165, 1.54) is 0 Å². The summed E-state index contributed by atoms with van der Waals surface area (Å²) in [7, 11) is 0. The minimum atomic E-state index is -0.664. The maximum Gasteiger partial charge on any atom is 0.271 e. The number of hydrogen-bond acceptors (Lipinski definition) is 4. The molecular weight excluding hydrogens is 195 g/mol. The molecule has 1 aromatic carbocycles. The summed E-state index contributed by atoms with van der Waals surface area (Å²) in [6, 6.07) is 3.01. The van der Waals surface area contributed by atoms with E-state index in [1.807, 2.05) is 5.16 Å². The number of aliphatic imine (C=N–C) groups is 1. The topological polar surface area (TPSA) is 55.5 Å². The Morgan fingerprint density at radius 1 is 1.62 bits per heavy atom. The van der Waals surface area contributed by atoms with Crippen molar-refractivity contribution in [3.63, 3.8) is 0 Å². The third-order valence-electron chi connectivity index (χ3n) is 1.31. The molecular formula is C7H3FN2O2S. The first-order valence-electron chi connectivity index (χ1n) is 3.17. The first-order chi connectivity index (χ1) is 6.15. The van der Waals surface area contributed by atoms with Crippen LogP contribution in [0.5, 0.6) is 0 Å². The normalized spacial score (nSPS) is 9.00. The quantitative estimate of drug-likeness (QED) is 0.317. The van der Waals surface area contributed by atoms with E-state index in [0.29, 0.717) is 0 Å². The summed E-state index contributed by atoms with van der Waals surface area (Å²) in [4.78, 5) is 13.0. The number of isothiocyanates is 1. The molecule has 1 aromatic rings. The van der Waals surface area contributed by atoms with E-state index in [9.17, 15) is 14.5 Å². The van der Waals surface area contributed by atoms with Gasteiger partial charge in [0.05, 0.1) is 10.1 Å². The standard InChI is InChI=1S/C7H3FN2O2S/c8-6-2-1-5(10(11)12)3-7(6)9-4-13/h1-3H. The van der Waals surface area contributed by atoms with E-state index >= 15 is 0 Å². The maximum atomic E-state index is 12.8. The zero-order valence-electron chi connectivity index (χ0n) is 6.23. The summed E-state index contributed by atoms with van der Waals surface area (Å²) in [5.41, 5.74) is -0.408. The number of hydrogen-bond donors (Lipinski definition) is 0. The van der Waals surface area contributed by atoms with E-state index in [0.717, 1.165) is 18.2 Å². The van der Waals surface area contributed by atoms with E-state index in [1.54, 1.807) is 0 Å². The molecule has 0 unspecified atom stereocenters. The summed E-state index contributed by atoms with van der Waals surface area (Å²) in [5, 5.41) is 12.2. The Hall–Kier alpha value is -1.65. The van der Waals surface area contributed by atoms with Gasteiger partial charge in [-0.1, -0.05) is 0 Å². The Kier molecular flexibility index (Phi) is 2.79. The lowest BCUT2D eigenvalue weighted by Gasteiger charge is -1.94. The summed E-state index contributed by atoms with van der Waals surface area (Å²) >= 11 is 4.25. The molecule has 0 N–H and O–H groups in total. The van der Waals surface area contributed by atoms with Crippen LogP contribution in [0.15, 0.2) is 23.2 Å². The van der Waals surface area contributed by atoms with Crippen LogP contribution >= 0.6 is 12.2 Å². The van der Waals surface area contributed by atoms with Gasteiger partial charge in [0.25, 0.3) is 5.69 Å². The second-order valence-electron chi connectivity index (χ2n) is 2.10. The molecule has 6 heteroatoms. The first-order valence-corrected chi connectivity index (χ1v) is 3.58. The third kappa shape index (κ3) is 2.14. The van der Waals surface area contributed by atoms with Crippen LogP contribution < -0.4 is 0 Å². The predicted octanol–water partition coefficient (Wildman–Crippen LogP) is 2.47. The van der Waals surface area contributed by atoms with Crippen LogP contribution in [-0.2, 0) is 0 Å². The number of benzene rings is 1. The summed E-state index contributed by atoms with van der Waals surface area (Å²) in [5.74, 6) is -0.664. The second-order valence-corrected chi connectivity index (χ2v) is 2.28. The highest BCUT2D eigenvalue weighted by Crippen LogP contribution is 2.22. The van der Waals surface area contributed by atoms with Gasteiger partial charge in [0.1, 0.15) is 11.5 Å². The Bertz CT molecular complexity index is 401. The van der Waals surface area contributed by atoms with Crippen molar-refractivity contribution < 1.29 is 9.31 Å². The van der Waals surface area contributed by atoms with Gasteiger partial charge in [-0.15, -0.1) is 0 Å². The lowest BCUT2D eigenvalue weighted by atomic mass is 10.3. The minimum absolute atomic E-state index is 0.177. The van der Waals surface area contributed by atoms with Crippen molar-refractivity contribution >= 4 is 28.8 Å². The molecule has 0 spiro atoms. The van der Waals surface area contributed by atoms with Crippen LogP contribution in [0.3, 0.4) is 0 Å². The van der Waals surface area contributed by atoms with E-state index in [4.69, 9.17) is 0 Å². The van der Waals surface area contributed by atoms with Crippen LogP contribution in [0, 0.1) is 15.9 Å². The maximum absolute atomic E-state index is 12.8. The molecule has 4 nitrogen and oxygen atoms in total. The highest BCUT2D eigenvalue weighted by atomic mass is 32.1. The van der Waals surface area contributed by atoms with Crippen molar-refractivity contribution in [3.8, 4) is 0 Å². The van der Waals surface area contributed by atoms with Crippen molar-refractivity contribution in [1.29, 1.82) is 0 Å². The Balaban J connectivity index is 3.26. The molecule has 0 aliphatic rings. The number of halogens is 1. The molecule has 0 fully saturated rings. The monoisotopic (exact) mass is 198 g/mol. The molecule has 0 bridgehead atoms. The molecule has 1 rings (SSSR count). The Morgan fingerprint density at radius 2 is 2.31 bits per heavy atom. The molecule has 0 aromatic heterocycles. The number of nitrogens with zero attached hydrogens (tertiary/aromatic N) is 2. The van der Waals surface area contributed by atoms with Crippen molar-refractivity contribution in [2.24, 2.45) is 4.99 Å². The minimum Gasteiger partial charge on any atom is -0.258 e. The molecule has 0 aliphatic heterocycles. The lowest BCUT2D eigenvalue weighted by molar-refractivity contribution is -0.384. The van der Waals surface area contributed by atoms with Gasteiger partial charge in [-0.3, -0.25) is 10.1 Å². The van der Waals surface area contributed by atoms with Gasteiger partial charge >= 0.3 is 0 Å². The van der Waals surface area contributed by atoms with Gasteiger partial charge in [-0.2, -0.15) is 4.99 Å². The fourth-order valence-corrected chi connectivity index (χ4v) is 0.848. The highest BCUT2D eigenvalue weighted by molar-refractivity contribution is 7.78. The van der Waals surface area contributed by atoms with Gasteiger partial charge in [0.15, 0.2) is 0 Å². The van der Waals surface area contributed by atoms with Gasteiger partial charge < -0.3 is 0 Å². The number of rotatable bonds is 2. The van der Waals surface area contributed by atoms with Gasteiger partial charge in [-0.05, 0) is 18.3 Å². The van der Waals surface area contributed by atoms with Gasteiger partial charge in [-0.25, -0.2) is 4.39 Å². The number of thiocarbonyl (C=S) groups is 1. The number of nitro groups is 1. The molecule has 0 amide bonds. The van der Waals surface area contributed by atoms with Gasteiger partial charge in [0.2, 0.25) is 0 Å². The number of non-ortho nitro benzene ring substituents is 1. The molecule has 0 saturated carbocycles. The summed E-state index contributed by atoms with van der Waals surface area (Å²) < 4.78 is 12.8. The Morgan fingerprint density at radius 3 is 2.85 bits per heavy atom. The fourth-order valence-electron chi connectivity index (χ4n) is 0.749. The second kappa shape index (κ2) is 3.84. The van der Waals surface area contributed by atoms with Crippen molar-refractivity contribution in [3.05, 3.63) is 34.1 Å². The fraction of sp³-hybridized carbons (Fsp3) is 0. The van der Waals surface area contributed by atoms with Crippen LogP contribution in [0.25, 0.3) is 0 Å². The van der Waals surface area contributed by atoms with Crippen LogP contribution in [-0.4, -0.2) is 10.1 Å². The van der Waals surface area contributed by atoms with Gasteiger partial charge in [0, 0.05) is 12.1 Å². The average Bonchev–Trinajstić information content (AvgIpc) is 2.08. The molecule has 0 radical (unpaired) electrons. The molecule has 0 heterocycles. The molecule has 0 aliphatic carbocycles. The zero-order valence-corrected chi connectivity index (χ0v) is 7.05. The van der Waals surface area contributed by atoms with E-state index < -0.39 is 10.7 Å². The predicted molar refractivity (Wildman–Crippen MR) is 47.7 cm³/mol. The molecule has 0 atom stereocenters. The molecule has 0 saturated heterocycles. The average molecular weight is 198 g/mol. The first kappa shape index (κ1) is 9.44. The van der Waals surface area contributed by atoms with Crippen LogP contribution in [0.4, 0.5) is 15.8 Å². The van der Waals surface area contributed by atoms with E-state index in [2.05, 4.69) is 17.2 Å². The van der Waals surface area contributed by atoms with E-state index in [-0.39, 0.29) is 11.4 Å². The third-order valence-corrected chi connectivity index (χ3v) is 1.40. The lowest BCUT2D eigenvalue weighted by Crippen LogP contribution is -1.87. The van der Waals surface area contributed by atoms with Crippen molar-refractivity contribution in [2.75, 3.05) is 0 Å². The highest BCUT2D eigenvalue weighted by Gasteiger charge is 2.09. The molecule has 13 heavy (non-hydrogen) atoms. The number of nitro benzene ring substituents is 1. The zero-order chi connectivity index (χ0) is 9.84. The summed E-state index contributed by atoms with van der Waals surface area (Å²) in [6.07, 6.45) is 0. The van der Waals surface area contributed by atoms with Crippen molar-refractivity contribution in [2.45, 2.75) is 0 Å². The Labute approximate surface area is 77.9 Å². The van der Waals surface area contributed by atoms with Crippen LogP contribution in [0.2, 0.25) is 0 Å². The largest absolute Gasteiger partial charge is 0.271 e. The van der Waals surface area contributed by atoms with Crippen LogP contribution in [0.1, 0.15) is 0 Å². The summed E-state index contributed by atoms with van der Waals surface area (Å²) in [6.45, 7) is 0. The van der Waals surface area contributed by atoms with Crippen molar-refractivity contribution in [1.82, 2.24) is 0 Å². The molecule has 66 valence electrons.